The second-order valence-electron chi connectivity index (χ2n) is 3.99. The molecule has 1 aliphatic heterocycles. The van der Waals surface area contributed by atoms with Gasteiger partial charge in [-0.3, -0.25) is 4.79 Å². The third-order valence-electron chi connectivity index (χ3n) is 2.75. The van der Waals surface area contributed by atoms with Crippen molar-refractivity contribution in [1.29, 1.82) is 0 Å². The molecule has 102 valence electrons. The first kappa shape index (κ1) is 13.8. The Morgan fingerprint density at radius 3 is 2.37 bits per heavy atom. The predicted molar refractivity (Wildman–Crippen MR) is 61.5 cm³/mol. The highest BCUT2D eigenvalue weighted by molar-refractivity contribution is 6.30. The maximum Gasteiger partial charge on any atom is 0.438 e. The van der Waals surface area contributed by atoms with E-state index in [1.807, 2.05) is 0 Å². The van der Waals surface area contributed by atoms with Crippen LogP contribution in [0.25, 0.3) is 0 Å². The first-order valence-electron chi connectivity index (χ1n) is 5.15. The van der Waals surface area contributed by atoms with E-state index in [2.05, 4.69) is 5.10 Å². The van der Waals surface area contributed by atoms with Gasteiger partial charge in [0, 0.05) is 5.02 Å². The van der Waals surface area contributed by atoms with Crippen LogP contribution in [0, 0.1) is 0 Å². The Kier molecular flexibility index (Phi) is 3.27. The van der Waals surface area contributed by atoms with Crippen molar-refractivity contribution in [3.8, 4) is 0 Å². The Morgan fingerprint density at radius 1 is 1.37 bits per heavy atom. The van der Waals surface area contributed by atoms with Gasteiger partial charge in [-0.05, 0) is 17.7 Å². The largest absolute Gasteiger partial charge is 0.438 e. The van der Waals surface area contributed by atoms with Crippen molar-refractivity contribution in [3.63, 3.8) is 0 Å². The first-order valence-corrected chi connectivity index (χ1v) is 5.53. The Labute approximate surface area is 111 Å². The van der Waals surface area contributed by atoms with E-state index in [9.17, 15) is 23.1 Å². The van der Waals surface area contributed by atoms with Crippen LogP contribution in [0.3, 0.4) is 0 Å². The molecule has 0 aliphatic carbocycles. The van der Waals surface area contributed by atoms with Crippen molar-refractivity contribution < 1.29 is 23.1 Å². The van der Waals surface area contributed by atoms with E-state index in [1.165, 1.54) is 24.3 Å². The van der Waals surface area contributed by atoms with Gasteiger partial charge >= 0.3 is 6.18 Å². The number of hydrazone groups is 1. The molecule has 8 heteroatoms. The van der Waals surface area contributed by atoms with Gasteiger partial charge in [-0.15, -0.1) is 0 Å². The molecule has 0 unspecified atom stereocenters. The second-order valence-corrected chi connectivity index (χ2v) is 4.43. The number of amides is 1. The van der Waals surface area contributed by atoms with Crippen molar-refractivity contribution >= 4 is 23.7 Å². The van der Waals surface area contributed by atoms with Crippen molar-refractivity contribution in [2.45, 2.75) is 18.3 Å². The molecule has 19 heavy (non-hydrogen) atoms. The highest BCUT2D eigenvalue weighted by Gasteiger charge is 2.61. The normalized spacial score (nSPS) is 23.4. The molecule has 0 radical (unpaired) electrons. The Balaban J connectivity index is 2.36. The van der Waals surface area contributed by atoms with E-state index in [-0.39, 0.29) is 17.1 Å². The predicted octanol–water partition coefficient (Wildman–Crippen LogP) is 2.16. The molecule has 0 saturated carbocycles. The zero-order valence-electron chi connectivity index (χ0n) is 9.36. The molecular formula is C11H8ClF3N2O2. The Bertz CT molecular complexity index is 530. The van der Waals surface area contributed by atoms with Crippen molar-refractivity contribution in [3.05, 3.63) is 34.9 Å². The molecule has 1 aliphatic rings. The lowest BCUT2D eigenvalue weighted by molar-refractivity contribution is -0.299. The number of hydrogen-bond donors (Lipinski definition) is 1. The lowest BCUT2D eigenvalue weighted by Crippen LogP contribution is -2.54. The van der Waals surface area contributed by atoms with Gasteiger partial charge in [0.15, 0.2) is 0 Å². The molecule has 4 nitrogen and oxygen atoms in total. The summed E-state index contributed by atoms with van der Waals surface area (Å²) < 4.78 is 38.4. The number of carbonyl (C=O) groups excluding carboxylic acids is 1. The average Bonchev–Trinajstić information content (AvgIpc) is 2.68. The van der Waals surface area contributed by atoms with E-state index in [4.69, 9.17) is 11.6 Å². The molecule has 1 heterocycles. The van der Waals surface area contributed by atoms with E-state index in [0.29, 0.717) is 10.6 Å². The fraction of sp³-hybridized carbons (Fsp3) is 0.273. The molecule has 1 amide bonds. The number of halogens is 4. The zero-order valence-corrected chi connectivity index (χ0v) is 10.1. The van der Waals surface area contributed by atoms with Gasteiger partial charge < -0.3 is 5.11 Å². The topological polar surface area (TPSA) is 52.9 Å². The molecule has 1 aromatic carbocycles. The number of rotatable bonds is 2. The molecule has 1 atom stereocenters. The van der Waals surface area contributed by atoms with Gasteiger partial charge in [0.2, 0.25) is 6.41 Å². The summed E-state index contributed by atoms with van der Waals surface area (Å²) >= 11 is 5.67. The van der Waals surface area contributed by atoms with Crippen LogP contribution in [0.2, 0.25) is 5.02 Å². The summed E-state index contributed by atoms with van der Waals surface area (Å²) in [5.41, 5.74) is -2.98. The van der Waals surface area contributed by atoms with Crippen molar-refractivity contribution in [2.24, 2.45) is 5.10 Å². The third-order valence-corrected chi connectivity index (χ3v) is 3.00. The molecule has 0 bridgehead atoms. The molecule has 0 spiro atoms. The van der Waals surface area contributed by atoms with Crippen LogP contribution in [0.15, 0.2) is 29.4 Å². The number of nitrogens with zero attached hydrogens (tertiary/aromatic N) is 2. The third kappa shape index (κ3) is 2.31. The SMILES string of the molecule is O=CN1N=C(c2ccc(Cl)cc2)C[C@@]1(O)C(F)(F)F. The summed E-state index contributed by atoms with van der Waals surface area (Å²) in [7, 11) is 0. The average molecular weight is 293 g/mol. The smallest absolute Gasteiger partial charge is 0.362 e. The lowest BCUT2D eigenvalue weighted by Gasteiger charge is -2.29. The van der Waals surface area contributed by atoms with Gasteiger partial charge in [0.25, 0.3) is 5.72 Å². The second kappa shape index (κ2) is 4.50. The van der Waals surface area contributed by atoms with Crippen LogP contribution in [-0.4, -0.2) is 34.1 Å². The maximum absolute atomic E-state index is 12.8. The molecule has 2 rings (SSSR count). The minimum atomic E-state index is -4.99. The molecule has 0 aromatic heterocycles. The van der Waals surface area contributed by atoms with Crippen LogP contribution in [0.4, 0.5) is 13.2 Å². The fourth-order valence-corrected chi connectivity index (χ4v) is 1.83. The van der Waals surface area contributed by atoms with Crippen LogP contribution >= 0.6 is 11.6 Å². The van der Waals surface area contributed by atoms with Gasteiger partial charge in [0.1, 0.15) is 0 Å². The highest BCUT2D eigenvalue weighted by Crippen LogP contribution is 2.40. The Morgan fingerprint density at radius 2 is 1.95 bits per heavy atom. The molecular weight excluding hydrogens is 285 g/mol. The molecule has 0 saturated heterocycles. The highest BCUT2D eigenvalue weighted by atomic mass is 35.5. The summed E-state index contributed by atoms with van der Waals surface area (Å²) in [6.07, 6.45) is -5.97. The number of aliphatic hydroxyl groups is 1. The quantitative estimate of drug-likeness (QED) is 0.849. The van der Waals surface area contributed by atoms with Gasteiger partial charge in [-0.1, -0.05) is 23.7 Å². The van der Waals surface area contributed by atoms with Gasteiger partial charge in [-0.25, -0.2) is 0 Å². The first-order chi connectivity index (χ1) is 8.78. The Hall–Kier alpha value is -1.60. The summed E-state index contributed by atoms with van der Waals surface area (Å²) in [5, 5.41) is 13.5. The molecule has 1 N–H and O–H groups in total. The van der Waals surface area contributed by atoms with E-state index < -0.39 is 18.3 Å². The summed E-state index contributed by atoms with van der Waals surface area (Å²) in [6, 6.07) is 5.89. The summed E-state index contributed by atoms with van der Waals surface area (Å²) in [6.45, 7) is 0. The van der Waals surface area contributed by atoms with Crippen molar-refractivity contribution in [1.82, 2.24) is 5.01 Å². The fourth-order valence-electron chi connectivity index (χ4n) is 1.71. The van der Waals surface area contributed by atoms with E-state index in [0.717, 1.165) is 0 Å². The molecule has 1 aromatic rings. The summed E-state index contributed by atoms with van der Waals surface area (Å²) in [4.78, 5) is 10.6. The van der Waals surface area contributed by atoms with E-state index in [1.54, 1.807) is 0 Å². The number of carbonyl (C=O) groups is 1. The van der Waals surface area contributed by atoms with Gasteiger partial charge in [0.05, 0.1) is 12.1 Å². The monoisotopic (exact) mass is 292 g/mol. The van der Waals surface area contributed by atoms with Crippen LogP contribution in [0.1, 0.15) is 12.0 Å². The maximum atomic E-state index is 12.8. The van der Waals surface area contributed by atoms with Crippen LogP contribution in [-0.2, 0) is 4.79 Å². The minimum absolute atomic E-state index is 0.0169. The van der Waals surface area contributed by atoms with Crippen LogP contribution < -0.4 is 0 Å². The number of hydrogen-bond acceptors (Lipinski definition) is 3. The summed E-state index contributed by atoms with van der Waals surface area (Å²) in [5.74, 6) is 0. The number of alkyl halides is 3. The standard InChI is InChI=1S/C11H8ClF3N2O2/c12-8-3-1-7(2-4-8)9-5-10(19,11(13,14)15)17(6-18)16-9/h1-4,6,19H,5H2/t10-/m1/s1. The van der Waals surface area contributed by atoms with Crippen LogP contribution in [0.5, 0.6) is 0 Å². The molecule has 0 fully saturated rings. The minimum Gasteiger partial charge on any atom is -0.362 e. The lowest BCUT2D eigenvalue weighted by atomic mass is 10.0. The number of benzene rings is 1. The van der Waals surface area contributed by atoms with E-state index >= 15 is 0 Å². The zero-order chi connectivity index (χ0) is 14.3. The van der Waals surface area contributed by atoms with Crippen molar-refractivity contribution in [2.75, 3.05) is 0 Å². The van der Waals surface area contributed by atoms with Gasteiger partial charge in [-0.2, -0.15) is 23.3 Å².